The number of carbonyl (C=O) groups excluding carboxylic acids is 2. The van der Waals surface area contributed by atoms with Crippen molar-refractivity contribution in [2.45, 2.75) is 56.7 Å². The Hall–Kier alpha value is -4.05. The lowest BCUT2D eigenvalue weighted by atomic mass is 9.78. The molecule has 1 fully saturated rings. The molecule has 1 saturated heterocycles. The van der Waals surface area contributed by atoms with Gasteiger partial charge in [0.15, 0.2) is 0 Å². The van der Waals surface area contributed by atoms with Gasteiger partial charge in [0.1, 0.15) is 24.1 Å². The summed E-state index contributed by atoms with van der Waals surface area (Å²) in [5.74, 6) is -1.26. The molecule has 5 rings (SSSR count). The summed E-state index contributed by atoms with van der Waals surface area (Å²) >= 11 is 0. The summed E-state index contributed by atoms with van der Waals surface area (Å²) < 4.78 is 53.7. The number of alkyl halides is 3. The van der Waals surface area contributed by atoms with Crippen LogP contribution in [-0.2, 0) is 28.7 Å². The molecular formula is C31H31F3N2O5. The molecule has 2 amide bonds. The predicted molar refractivity (Wildman–Crippen MR) is 145 cm³/mol. The summed E-state index contributed by atoms with van der Waals surface area (Å²) in [7, 11) is 1.49. The molecule has 0 aliphatic carbocycles. The van der Waals surface area contributed by atoms with Gasteiger partial charge in [-0.1, -0.05) is 48.5 Å². The Bertz CT molecular complexity index is 1410. The third-order valence-corrected chi connectivity index (χ3v) is 7.93. The van der Waals surface area contributed by atoms with Gasteiger partial charge in [-0.25, -0.2) is 4.79 Å². The number of aliphatic hydroxyl groups is 1. The minimum absolute atomic E-state index is 0.00288. The minimum Gasteiger partial charge on any atom is -0.497 e. The highest BCUT2D eigenvalue weighted by Crippen LogP contribution is 2.46. The summed E-state index contributed by atoms with van der Waals surface area (Å²) in [6, 6.07) is 19.3. The quantitative estimate of drug-likeness (QED) is 0.415. The fourth-order valence-corrected chi connectivity index (χ4v) is 5.79. The number of halogens is 3. The summed E-state index contributed by atoms with van der Waals surface area (Å²) in [5.41, 5.74) is -1.82. The van der Waals surface area contributed by atoms with E-state index in [1.807, 2.05) is 18.2 Å². The molecule has 0 bridgehead atoms. The van der Waals surface area contributed by atoms with Gasteiger partial charge in [0.25, 0.3) is 5.91 Å². The monoisotopic (exact) mass is 568 g/mol. The van der Waals surface area contributed by atoms with Gasteiger partial charge in [-0.15, -0.1) is 0 Å². The third kappa shape index (κ3) is 5.48. The molecule has 2 aliphatic rings. The van der Waals surface area contributed by atoms with E-state index < -0.39 is 41.4 Å². The number of methoxy groups -OCH3 is 1. The van der Waals surface area contributed by atoms with Crippen LogP contribution in [0, 0.1) is 0 Å². The van der Waals surface area contributed by atoms with Gasteiger partial charge < -0.3 is 14.6 Å². The lowest BCUT2D eigenvalue weighted by Crippen LogP contribution is -2.57. The number of nitrogens with zero attached hydrogens (tertiary/aromatic N) is 2. The van der Waals surface area contributed by atoms with Crippen molar-refractivity contribution in [1.82, 2.24) is 4.90 Å². The summed E-state index contributed by atoms with van der Waals surface area (Å²) in [6.45, 7) is 1.58. The molecule has 41 heavy (non-hydrogen) atoms. The molecule has 3 unspecified atom stereocenters. The van der Waals surface area contributed by atoms with Crippen LogP contribution in [0.25, 0.3) is 0 Å². The molecular weight excluding hydrogens is 537 g/mol. The number of anilines is 1. The Kier molecular flexibility index (Phi) is 7.70. The number of ether oxygens (including phenoxy) is 2. The highest BCUT2D eigenvalue weighted by molar-refractivity contribution is 6.02. The third-order valence-electron chi connectivity index (χ3n) is 7.93. The first kappa shape index (κ1) is 28.5. The SMILES string of the molecule is COc1ccc(C2Cc3c(cccc3C(F)(F)F)N(C3CCCN3C(=O)OCc3ccccc3)C(=O)C2(C)O)cc1. The summed E-state index contributed by atoms with van der Waals surface area (Å²) in [5, 5.41) is 11.8. The maximum Gasteiger partial charge on any atom is 0.416 e. The Balaban J connectivity index is 1.57. The van der Waals surface area contributed by atoms with Crippen LogP contribution in [0.3, 0.4) is 0 Å². The molecule has 0 radical (unpaired) electrons. The van der Waals surface area contributed by atoms with Gasteiger partial charge in [-0.2, -0.15) is 13.2 Å². The van der Waals surface area contributed by atoms with E-state index in [1.165, 1.54) is 36.0 Å². The van der Waals surface area contributed by atoms with Crippen molar-refractivity contribution in [1.29, 1.82) is 0 Å². The number of rotatable bonds is 5. The second kappa shape index (κ2) is 11.1. The second-order valence-electron chi connectivity index (χ2n) is 10.5. The van der Waals surface area contributed by atoms with Gasteiger partial charge in [0.05, 0.1) is 12.7 Å². The van der Waals surface area contributed by atoms with Crippen LogP contribution >= 0.6 is 0 Å². The van der Waals surface area contributed by atoms with E-state index in [0.717, 1.165) is 11.6 Å². The van der Waals surface area contributed by atoms with E-state index >= 15 is 0 Å². The largest absolute Gasteiger partial charge is 0.497 e. The number of amides is 2. The van der Waals surface area contributed by atoms with Gasteiger partial charge in [-0.3, -0.25) is 14.6 Å². The molecule has 216 valence electrons. The molecule has 7 nitrogen and oxygen atoms in total. The van der Waals surface area contributed by atoms with Crippen LogP contribution in [-0.4, -0.2) is 47.4 Å². The Morgan fingerprint density at radius 1 is 1.05 bits per heavy atom. The van der Waals surface area contributed by atoms with Crippen molar-refractivity contribution in [2.75, 3.05) is 18.6 Å². The average molecular weight is 569 g/mol. The highest BCUT2D eigenvalue weighted by Gasteiger charge is 2.52. The summed E-state index contributed by atoms with van der Waals surface area (Å²) in [4.78, 5) is 30.0. The van der Waals surface area contributed by atoms with Gasteiger partial charge in [0, 0.05) is 18.2 Å². The zero-order valence-corrected chi connectivity index (χ0v) is 22.7. The standard InChI is InChI=1S/C31H31F3N2O5/c1-30(39)25(21-13-15-22(40-2)16-14-21)18-23-24(31(32,33)34)10-6-11-26(23)36(28(30)37)27-12-7-17-35(27)29(38)41-19-20-8-4-3-5-9-20/h3-6,8-11,13-16,25,27,39H,7,12,17-19H2,1-2H3. The van der Waals surface area contributed by atoms with E-state index in [-0.39, 0.29) is 30.8 Å². The number of carbonyl (C=O) groups is 2. The minimum atomic E-state index is -4.70. The first-order chi connectivity index (χ1) is 19.5. The maximum atomic E-state index is 14.3. The van der Waals surface area contributed by atoms with Crippen molar-refractivity contribution < 1.29 is 37.3 Å². The molecule has 10 heteroatoms. The molecule has 0 saturated carbocycles. The smallest absolute Gasteiger partial charge is 0.416 e. The molecule has 2 aliphatic heterocycles. The number of fused-ring (bicyclic) bond motifs is 1. The Morgan fingerprint density at radius 3 is 2.41 bits per heavy atom. The molecule has 0 spiro atoms. The molecule has 2 heterocycles. The molecule has 3 aromatic rings. The molecule has 3 atom stereocenters. The van der Waals surface area contributed by atoms with E-state index in [2.05, 4.69) is 0 Å². The number of benzene rings is 3. The first-order valence-corrected chi connectivity index (χ1v) is 13.4. The second-order valence-corrected chi connectivity index (χ2v) is 10.5. The van der Waals surface area contributed by atoms with Gasteiger partial charge in [0.2, 0.25) is 0 Å². The van der Waals surface area contributed by atoms with Crippen molar-refractivity contribution in [3.05, 3.63) is 95.1 Å². The molecule has 0 aromatic heterocycles. The van der Waals surface area contributed by atoms with Crippen LogP contribution in [0.5, 0.6) is 5.75 Å². The van der Waals surface area contributed by atoms with Crippen LogP contribution in [0.15, 0.2) is 72.8 Å². The van der Waals surface area contributed by atoms with Crippen molar-refractivity contribution in [3.8, 4) is 5.75 Å². The number of hydrogen-bond acceptors (Lipinski definition) is 5. The number of likely N-dealkylation sites (tertiary alicyclic amines) is 1. The van der Waals surface area contributed by atoms with Crippen molar-refractivity contribution in [2.24, 2.45) is 0 Å². The highest BCUT2D eigenvalue weighted by atomic mass is 19.4. The number of hydrogen-bond donors (Lipinski definition) is 1. The van der Waals surface area contributed by atoms with Crippen LogP contribution in [0.1, 0.15) is 47.9 Å². The average Bonchev–Trinajstić information content (AvgIpc) is 3.42. The topological polar surface area (TPSA) is 79.3 Å². The fraction of sp³-hybridized carbons (Fsp3) is 0.355. The fourth-order valence-electron chi connectivity index (χ4n) is 5.79. The first-order valence-electron chi connectivity index (χ1n) is 13.4. The van der Waals surface area contributed by atoms with Crippen LogP contribution < -0.4 is 9.64 Å². The van der Waals surface area contributed by atoms with Crippen molar-refractivity contribution in [3.63, 3.8) is 0 Å². The lowest BCUT2D eigenvalue weighted by Gasteiger charge is -2.39. The van der Waals surface area contributed by atoms with Gasteiger partial charge >= 0.3 is 12.3 Å². The lowest BCUT2D eigenvalue weighted by molar-refractivity contribution is -0.138. The van der Waals surface area contributed by atoms with E-state index in [0.29, 0.717) is 24.2 Å². The molecule has 3 aromatic carbocycles. The van der Waals surface area contributed by atoms with E-state index in [1.54, 1.807) is 36.4 Å². The predicted octanol–water partition coefficient (Wildman–Crippen LogP) is 5.90. The van der Waals surface area contributed by atoms with Gasteiger partial charge in [-0.05, 0) is 67.1 Å². The molecule has 1 N–H and O–H groups in total. The zero-order valence-electron chi connectivity index (χ0n) is 22.7. The van der Waals surface area contributed by atoms with E-state index in [9.17, 15) is 27.9 Å². The normalized spacial score (nSPS) is 22.7. The van der Waals surface area contributed by atoms with Crippen LogP contribution in [0.4, 0.5) is 23.7 Å². The van der Waals surface area contributed by atoms with Crippen molar-refractivity contribution >= 4 is 17.7 Å². The Labute approximate surface area is 236 Å². The maximum absolute atomic E-state index is 14.3. The zero-order chi connectivity index (χ0) is 29.4. The summed E-state index contributed by atoms with van der Waals surface area (Å²) in [6.07, 6.45) is -5.76. The van der Waals surface area contributed by atoms with E-state index in [4.69, 9.17) is 9.47 Å². The van der Waals surface area contributed by atoms with Crippen LogP contribution in [0.2, 0.25) is 0 Å². The Morgan fingerprint density at radius 2 is 1.76 bits per heavy atom.